The number of carbonyl (C=O) groups excluding carboxylic acids is 1. The lowest BCUT2D eigenvalue weighted by Crippen LogP contribution is -2.22. The minimum atomic E-state index is -0.326. The summed E-state index contributed by atoms with van der Waals surface area (Å²) in [5.74, 6) is 1.03. The molecule has 0 bridgehead atoms. The van der Waals surface area contributed by atoms with E-state index in [-0.39, 0.29) is 18.9 Å². The molecule has 0 spiro atoms. The quantitative estimate of drug-likeness (QED) is 0.394. The lowest BCUT2D eigenvalue weighted by molar-refractivity contribution is -0.146. The van der Waals surface area contributed by atoms with E-state index in [9.17, 15) is 4.79 Å². The van der Waals surface area contributed by atoms with Crippen LogP contribution < -0.4 is 4.74 Å². The molecule has 0 N–H and O–H groups in total. The Morgan fingerprint density at radius 3 is 2.57 bits per heavy atom. The van der Waals surface area contributed by atoms with Crippen molar-refractivity contribution in [2.24, 2.45) is 0 Å². The van der Waals surface area contributed by atoms with E-state index in [1.807, 2.05) is 19.1 Å². The fourth-order valence-electron chi connectivity index (χ4n) is 1.88. The zero-order valence-electron chi connectivity index (χ0n) is 13.4. The van der Waals surface area contributed by atoms with Crippen LogP contribution in [0.15, 0.2) is 24.3 Å². The number of rotatable bonds is 9. The third kappa shape index (κ3) is 6.63. The number of benzene rings is 1. The molecule has 2 unspecified atom stereocenters. The highest BCUT2D eigenvalue weighted by molar-refractivity contribution is 5.65. The predicted molar refractivity (Wildman–Crippen MR) is 82.4 cm³/mol. The molecule has 0 fully saturated rings. The van der Waals surface area contributed by atoms with Crippen molar-refractivity contribution in [3.63, 3.8) is 0 Å². The average Bonchev–Trinajstić information content (AvgIpc) is 2.49. The summed E-state index contributed by atoms with van der Waals surface area (Å²) < 4.78 is 16.2. The largest absolute Gasteiger partial charge is 0.465 e. The summed E-state index contributed by atoms with van der Waals surface area (Å²) in [4.78, 5) is 10.7. The van der Waals surface area contributed by atoms with Crippen LogP contribution in [0.4, 0.5) is 0 Å². The smallest absolute Gasteiger partial charge is 0.302 e. The Morgan fingerprint density at radius 2 is 1.95 bits per heavy atom. The van der Waals surface area contributed by atoms with Gasteiger partial charge >= 0.3 is 5.97 Å². The summed E-state index contributed by atoms with van der Waals surface area (Å²) in [6.07, 6.45) is 1.50. The van der Waals surface area contributed by atoms with E-state index in [0.717, 1.165) is 18.6 Å². The Morgan fingerprint density at radius 1 is 1.19 bits per heavy atom. The molecule has 0 aliphatic rings. The van der Waals surface area contributed by atoms with Crippen molar-refractivity contribution in [3.05, 3.63) is 29.8 Å². The number of carbonyl (C=O) groups is 1. The molecular weight excluding hydrogens is 268 g/mol. The fraction of sp³-hybridized carbons (Fsp3) is 0.588. The third-order valence-electron chi connectivity index (χ3n) is 3.33. The molecule has 0 aliphatic carbocycles. The van der Waals surface area contributed by atoms with Gasteiger partial charge in [0.05, 0.1) is 6.61 Å². The second-order valence-electron chi connectivity index (χ2n) is 5.05. The molecule has 2 atom stereocenters. The summed E-state index contributed by atoms with van der Waals surface area (Å²) in [6.45, 7) is 8.34. The third-order valence-corrected chi connectivity index (χ3v) is 3.33. The van der Waals surface area contributed by atoms with Gasteiger partial charge in [0.1, 0.15) is 12.4 Å². The Balaban J connectivity index is 2.50. The van der Waals surface area contributed by atoms with E-state index in [1.165, 1.54) is 12.5 Å². The molecule has 1 aromatic rings. The molecule has 118 valence electrons. The zero-order valence-corrected chi connectivity index (χ0v) is 13.4. The van der Waals surface area contributed by atoms with Gasteiger partial charge in [-0.25, -0.2) is 0 Å². The molecule has 1 aromatic carbocycles. The molecule has 4 heteroatoms. The van der Waals surface area contributed by atoms with Crippen LogP contribution >= 0.6 is 0 Å². The first-order valence-electron chi connectivity index (χ1n) is 7.58. The average molecular weight is 294 g/mol. The fourth-order valence-corrected chi connectivity index (χ4v) is 1.88. The molecular formula is C17H26O4. The standard InChI is InChI=1S/C17H26O4/c1-5-13(3)15-8-7-9-16(12-15)21-17(6-2)20-11-10-19-14(4)18/h7-9,12-13,17H,5-6,10-11H2,1-4H3. The van der Waals surface area contributed by atoms with Gasteiger partial charge in [0.25, 0.3) is 0 Å². The minimum Gasteiger partial charge on any atom is -0.465 e. The van der Waals surface area contributed by atoms with Gasteiger partial charge in [-0.1, -0.05) is 32.9 Å². The summed E-state index contributed by atoms with van der Waals surface area (Å²) in [5, 5.41) is 0. The highest BCUT2D eigenvalue weighted by Crippen LogP contribution is 2.24. The lowest BCUT2D eigenvalue weighted by atomic mass is 9.99. The topological polar surface area (TPSA) is 44.8 Å². The van der Waals surface area contributed by atoms with Crippen LogP contribution in [-0.4, -0.2) is 25.5 Å². The monoisotopic (exact) mass is 294 g/mol. The minimum absolute atomic E-state index is 0.252. The van der Waals surface area contributed by atoms with Gasteiger partial charge < -0.3 is 14.2 Å². The molecule has 0 aliphatic heterocycles. The SMILES string of the molecule is CCC(OCCOC(C)=O)Oc1cccc(C(C)CC)c1. The van der Waals surface area contributed by atoms with Crippen LogP contribution in [0.25, 0.3) is 0 Å². The van der Waals surface area contributed by atoms with Gasteiger partial charge in [-0.2, -0.15) is 0 Å². The van der Waals surface area contributed by atoms with Gasteiger partial charge in [-0.15, -0.1) is 0 Å². The van der Waals surface area contributed by atoms with Crippen LogP contribution in [0.1, 0.15) is 52.0 Å². The van der Waals surface area contributed by atoms with Crippen molar-refractivity contribution in [1.82, 2.24) is 0 Å². The molecule has 0 radical (unpaired) electrons. The van der Waals surface area contributed by atoms with E-state index in [4.69, 9.17) is 14.2 Å². The maximum Gasteiger partial charge on any atom is 0.302 e. The van der Waals surface area contributed by atoms with Crippen molar-refractivity contribution in [1.29, 1.82) is 0 Å². The first kappa shape index (κ1) is 17.5. The predicted octanol–water partition coefficient (Wildman–Crippen LogP) is 3.89. The molecule has 0 heterocycles. The molecule has 4 nitrogen and oxygen atoms in total. The Kier molecular flexibility index (Phi) is 7.83. The number of esters is 1. The molecule has 0 amide bonds. The van der Waals surface area contributed by atoms with Gasteiger partial charge in [0.2, 0.25) is 0 Å². The Hall–Kier alpha value is -1.55. The molecule has 21 heavy (non-hydrogen) atoms. The van der Waals surface area contributed by atoms with Crippen LogP contribution in [0.3, 0.4) is 0 Å². The maximum atomic E-state index is 10.7. The first-order chi connectivity index (χ1) is 10.1. The summed E-state index contributed by atoms with van der Waals surface area (Å²) in [5.41, 5.74) is 1.27. The van der Waals surface area contributed by atoms with Crippen molar-refractivity contribution in [3.8, 4) is 5.75 Å². The summed E-state index contributed by atoms with van der Waals surface area (Å²) in [6, 6.07) is 8.11. The lowest BCUT2D eigenvalue weighted by Gasteiger charge is -2.19. The second kappa shape index (κ2) is 9.40. The van der Waals surface area contributed by atoms with Crippen LogP contribution in [0, 0.1) is 0 Å². The van der Waals surface area contributed by atoms with E-state index >= 15 is 0 Å². The number of hydrogen-bond donors (Lipinski definition) is 0. The second-order valence-corrected chi connectivity index (χ2v) is 5.05. The highest BCUT2D eigenvalue weighted by atomic mass is 16.7. The number of hydrogen-bond acceptors (Lipinski definition) is 4. The summed E-state index contributed by atoms with van der Waals surface area (Å²) >= 11 is 0. The van der Waals surface area contributed by atoms with Crippen molar-refractivity contribution < 1.29 is 19.0 Å². The Bertz CT molecular complexity index is 431. The van der Waals surface area contributed by atoms with E-state index in [2.05, 4.69) is 26.0 Å². The molecule has 0 saturated heterocycles. The van der Waals surface area contributed by atoms with Crippen LogP contribution in [0.2, 0.25) is 0 Å². The van der Waals surface area contributed by atoms with Gasteiger partial charge in [-0.3, -0.25) is 4.79 Å². The molecule has 0 aromatic heterocycles. The van der Waals surface area contributed by atoms with Crippen LogP contribution in [-0.2, 0) is 14.3 Å². The summed E-state index contributed by atoms with van der Waals surface area (Å²) in [7, 11) is 0. The number of ether oxygens (including phenoxy) is 3. The van der Waals surface area contributed by atoms with Gasteiger partial charge in [0.15, 0.2) is 6.29 Å². The Labute approximate surface area is 127 Å². The van der Waals surface area contributed by atoms with Crippen molar-refractivity contribution in [2.45, 2.75) is 52.7 Å². The highest BCUT2D eigenvalue weighted by Gasteiger charge is 2.10. The van der Waals surface area contributed by atoms with E-state index in [0.29, 0.717) is 12.5 Å². The van der Waals surface area contributed by atoms with Crippen molar-refractivity contribution >= 4 is 5.97 Å². The first-order valence-corrected chi connectivity index (χ1v) is 7.58. The van der Waals surface area contributed by atoms with Gasteiger partial charge in [0, 0.05) is 13.3 Å². The maximum absolute atomic E-state index is 10.7. The normalized spacial score (nSPS) is 13.5. The molecule has 0 saturated carbocycles. The van der Waals surface area contributed by atoms with Crippen LogP contribution in [0.5, 0.6) is 5.75 Å². The van der Waals surface area contributed by atoms with Crippen molar-refractivity contribution in [2.75, 3.05) is 13.2 Å². The van der Waals surface area contributed by atoms with Gasteiger partial charge in [-0.05, 0) is 30.0 Å². The molecule has 1 rings (SSSR count). The van der Waals surface area contributed by atoms with E-state index < -0.39 is 0 Å². The zero-order chi connectivity index (χ0) is 15.7. The van der Waals surface area contributed by atoms with E-state index in [1.54, 1.807) is 0 Å².